The van der Waals surface area contributed by atoms with Crippen LogP contribution in [0.3, 0.4) is 0 Å². The van der Waals surface area contributed by atoms with Crippen LogP contribution in [0, 0.1) is 5.92 Å². The lowest BCUT2D eigenvalue weighted by molar-refractivity contribution is 0.290. The van der Waals surface area contributed by atoms with Crippen LogP contribution in [0.1, 0.15) is 19.7 Å². The minimum atomic E-state index is 0.279. The Balaban J connectivity index is 2.22. The number of hydrogen-bond donors (Lipinski definition) is 0. The maximum absolute atomic E-state index is 5.52. The lowest BCUT2D eigenvalue weighted by Crippen LogP contribution is -2.13. The molecule has 0 spiro atoms. The fraction of sp³-hybridized carbons (Fsp3) is 0.600. The van der Waals surface area contributed by atoms with E-state index >= 15 is 0 Å². The third-order valence-corrected chi connectivity index (χ3v) is 2.46. The quantitative estimate of drug-likeness (QED) is 0.708. The fourth-order valence-corrected chi connectivity index (χ4v) is 1.42. The Hall–Kier alpha value is -1.32. The van der Waals surface area contributed by atoms with Crippen molar-refractivity contribution in [3.8, 4) is 0 Å². The number of ether oxygens (including phenoxy) is 1. The van der Waals surface area contributed by atoms with Crippen molar-refractivity contribution in [1.82, 2.24) is 9.55 Å². The van der Waals surface area contributed by atoms with Gasteiger partial charge in [0.15, 0.2) is 5.82 Å². The summed E-state index contributed by atoms with van der Waals surface area (Å²) in [5.74, 6) is 2.01. The molecule has 0 N–H and O–H groups in total. The maximum Gasteiger partial charge on any atom is 0.253 e. The van der Waals surface area contributed by atoms with Gasteiger partial charge in [-0.15, -0.1) is 0 Å². The monoisotopic (exact) mass is 193 g/mol. The van der Waals surface area contributed by atoms with E-state index in [0.717, 1.165) is 5.82 Å². The van der Waals surface area contributed by atoms with Crippen LogP contribution in [-0.2, 0) is 11.8 Å². The molecule has 0 fully saturated rings. The first-order valence-electron chi connectivity index (χ1n) is 4.87. The molecular weight excluding hydrogens is 178 g/mol. The summed E-state index contributed by atoms with van der Waals surface area (Å²) in [7, 11) is 1.94. The van der Waals surface area contributed by atoms with Gasteiger partial charge >= 0.3 is 0 Å². The molecule has 0 saturated heterocycles. The van der Waals surface area contributed by atoms with Gasteiger partial charge in [-0.3, -0.25) is 0 Å². The van der Waals surface area contributed by atoms with E-state index in [0.29, 0.717) is 18.4 Å². The summed E-state index contributed by atoms with van der Waals surface area (Å²) in [6.45, 7) is 4.98. The molecule has 0 amide bonds. The largest absolute Gasteiger partial charge is 0.473 e. The number of imidazole rings is 1. The summed E-state index contributed by atoms with van der Waals surface area (Å²) in [6.07, 6.45) is 3.65. The molecular formula is C10H15N3O. The number of nitrogens with zero attached hydrogens (tertiary/aromatic N) is 3. The third kappa shape index (κ3) is 1.52. The molecule has 1 aromatic heterocycles. The molecule has 0 aromatic carbocycles. The molecule has 0 bridgehead atoms. The lowest BCUT2D eigenvalue weighted by Gasteiger charge is -2.06. The summed E-state index contributed by atoms with van der Waals surface area (Å²) in [5.41, 5.74) is 0. The molecule has 76 valence electrons. The van der Waals surface area contributed by atoms with Crippen molar-refractivity contribution >= 4 is 5.90 Å². The second kappa shape index (κ2) is 3.44. The molecule has 0 radical (unpaired) electrons. The van der Waals surface area contributed by atoms with E-state index < -0.39 is 0 Å². The van der Waals surface area contributed by atoms with E-state index in [2.05, 4.69) is 23.8 Å². The second-order valence-corrected chi connectivity index (χ2v) is 3.92. The average molecular weight is 193 g/mol. The zero-order valence-corrected chi connectivity index (χ0v) is 8.77. The van der Waals surface area contributed by atoms with Crippen molar-refractivity contribution in [1.29, 1.82) is 0 Å². The van der Waals surface area contributed by atoms with Gasteiger partial charge in [0.1, 0.15) is 6.61 Å². The molecule has 1 aliphatic heterocycles. The SMILES string of the molecule is CC(C)[C@@H]1COC(c2nccn2C)=N1. The Morgan fingerprint density at radius 3 is 2.86 bits per heavy atom. The predicted molar refractivity (Wildman–Crippen MR) is 54.3 cm³/mol. The van der Waals surface area contributed by atoms with Gasteiger partial charge in [-0.2, -0.15) is 0 Å². The number of aliphatic imine (C=N–C) groups is 1. The Morgan fingerprint density at radius 1 is 1.57 bits per heavy atom. The van der Waals surface area contributed by atoms with Gasteiger partial charge in [-0.25, -0.2) is 9.98 Å². The summed E-state index contributed by atoms with van der Waals surface area (Å²) >= 11 is 0. The minimum absolute atomic E-state index is 0.279. The Morgan fingerprint density at radius 2 is 2.36 bits per heavy atom. The van der Waals surface area contributed by atoms with Gasteiger partial charge in [0.2, 0.25) is 0 Å². The Labute approximate surface area is 83.6 Å². The minimum Gasteiger partial charge on any atom is -0.473 e. The highest BCUT2D eigenvalue weighted by molar-refractivity contribution is 5.91. The lowest BCUT2D eigenvalue weighted by atomic mass is 10.1. The van der Waals surface area contributed by atoms with Crippen LogP contribution in [0.5, 0.6) is 0 Å². The molecule has 1 aromatic rings. The van der Waals surface area contributed by atoms with Gasteiger partial charge in [-0.05, 0) is 5.92 Å². The normalized spacial score (nSPS) is 21.1. The summed E-state index contributed by atoms with van der Waals surface area (Å²) in [5, 5.41) is 0. The Kier molecular flexibility index (Phi) is 2.27. The van der Waals surface area contributed by atoms with Gasteiger partial charge in [-0.1, -0.05) is 13.8 Å². The van der Waals surface area contributed by atoms with E-state index in [4.69, 9.17) is 4.74 Å². The second-order valence-electron chi connectivity index (χ2n) is 3.92. The Bertz CT molecular complexity index is 354. The molecule has 0 unspecified atom stereocenters. The van der Waals surface area contributed by atoms with Crippen LogP contribution in [0.4, 0.5) is 0 Å². The van der Waals surface area contributed by atoms with Gasteiger partial charge in [0, 0.05) is 19.4 Å². The van der Waals surface area contributed by atoms with Gasteiger partial charge < -0.3 is 9.30 Å². The highest BCUT2D eigenvalue weighted by Crippen LogP contribution is 2.16. The average Bonchev–Trinajstić information content (AvgIpc) is 2.71. The van der Waals surface area contributed by atoms with Gasteiger partial charge in [0.05, 0.1) is 6.04 Å². The van der Waals surface area contributed by atoms with E-state index in [1.165, 1.54) is 0 Å². The van der Waals surface area contributed by atoms with Crippen molar-refractivity contribution in [2.24, 2.45) is 18.0 Å². The van der Waals surface area contributed by atoms with Crippen molar-refractivity contribution in [2.45, 2.75) is 19.9 Å². The summed E-state index contributed by atoms with van der Waals surface area (Å²) < 4.78 is 7.44. The van der Waals surface area contributed by atoms with Crippen LogP contribution in [-0.4, -0.2) is 28.1 Å². The zero-order chi connectivity index (χ0) is 10.1. The summed E-state index contributed by atoms with van der Waals surface area (Å²) in [4.78, 5) is 8.70. The molecule has 14 heavy (non-hydrogen) atoms. The molecule has 0 aliphatic carbocycles. The highest BCUT2D eigenvalue weighted by atomic mass is 16.5. The maximum atomic E-state index is 5.52. The zero-order valence-electron chi connectivity index (χ0n) is 8.77. The highest BCUT2D eigenvalue weighted by Gasteiger charge is 2.24. The van der Waals surface area contributed by atoms with E-state index in [9.17, 15) is 0 Å². The van der Waals surface area contributed by atoms with Crippen molar-refractivity contribution in [3.05, 3.63) is 18.2 Å². The first-order valence-corrected chi connectivity index (χ1v) is 4.87. The number of aromatic nitrogens is 2. The predicted octanol–water partition coefficient (Wildman–Crippen LogP) is 1.22. The smallest absolute Gasteiger partial charge is 0.253 e. The van der Waals surface area contributed by atoms with Crippen molar-refractivity contribution in [2.75, 3.05) is 6.61 Å². The van der Waals surface area contributed by atoms with E-state index in [1.54, 1.807) is 6.20 Å². The number of hydrogen-bond acceptors (Lipinski definition) is 3. The number of rotatable bonds is 2. The topological polar surface area (TPSA) is 39.4 Å². The molecule has 0 saturated carbocycles. The molecule has 4 nitrogen and oxygen atoms in total. The van der Waals surface area contributed by atoms with E-state index in [-0.39, 0.29) is 6.04 Å². The number of aryl methyl sites for hydroxylation is 1. The van der Waals surface area contributed by atoms with Crippen LogP contribution in [0.15, 0.2) is 17.4 Å². The van der Waals surface area contributed by atoms with Crippen LogP contribution < -0.4 is 0 Å². The molecule has 2 heterocycles. The molecule has 2 rings (SSSR count). The first-order chi connectivity index (χ1) is 6.68. The van der Waals surface area contributed by atoms with Crippen LogP contribution in [0.25, 0.3) is 0 Å². The van der Waals surface area contributed by atoms with Gasteiger partial charge in [0.25, 0.3) is 5.90 Å². The molecule has 4 heteroatoms. The van der Waals surface area contributed by atoms with E-state index in [1.807, 2.05) is 17.8 Å². The molecule has 1 aliphatic rings. The standard InChI is InChI=1S/C10H15N3O/c1-7(2)8-6-14-10(12-8)9-11-4-5-13(9)3/h4-5,7-8H,6H2,1-3H3/t8-/m0/s1. The van der Waals surface area contributed by atoms with Crippen LogP contribution in [0.2, 0.25) is 0 Å². The van der Waals surface area contributed by atoms with Crippen molar-refractivity contribution in [3.63, 3.8) is 0 Å². The molecule has 1 atom stereocenters. The third-order valence-electron chi connectivity index (χ3n) is 2.46. The van der Waals surface area contributed by atoms with Crippen molar-refractivity contribution < 1.29 is 4.74 Å². The fourth-order valence-electron chi connectivity index (χ4n) is 1.42. The first kappa shape index (κ1) is 9.24. The summed E-state index contributed by atoms with van der Waals surface area (Å²) in [6, 6.07) is 0.279. The van der Waals surface area contributed by atoms with Crippen LogP contribution >= 0.6 is 0 Å².